The molecule has 1 amide bonds. The number of rotatable bonds is 5. The van der Waals surface area contributed by atoms with Crippen molar-refractivity contribution in [3.05, 3.63) is 53.0 Å². The van der Waals surface area contributed by atoms with Gasteiger partial charge in [0.15, 0.2) is 0 Å². The summed E-state index contributed by atoms with van der Waals surface area (Å²) in [4.78, 5) is 16.4. The summed E-state index contributed by atoms with van der Waals surface area (Å²) in [7, 11) is -2.74. The van der Waals surface area contributed by atoms with Gasteiger partial charge in [-0.15, -0.1) is 11.3 Å². The number of likely N-dealkylation sites (N-methyl/N-ethyl adjacent to an activating group) is 1. The minimum absolute atomic E-state index is 0.00280. The molecule has 0 bridgehead atoms. The lowest BCUT2D eigenvalue weighted by Gasteiger charge is -2.17. The summed E-state index contributed by atoms with van der Waals surface area (Å²) in [5, 5.41) is 3.08. The van der Waals surface area contributed by atoms with Gasteiger partial charge in [0, 0.05) is 12.7 Å². The van der Waals surface area contributed by atoms with E-state index in [1.165, 1.54) is 36.6 Å². The SMILES string of the molecule is Cc1nc2ccc(S(=O)(=O)N(C)CC(=O)Nc3cccc(C(F)(F)F)c3)cc2s1. The van der Waals surface area contributed by atoms with E-state index in [4.69, 9.17) is 0 Å². The Morgan fingerprint density at radius 2 is 1.93 bits per heavy atom. The Morgan fingerprint density at radius 1 is 1.21 bits per heavy atom. The Labute approximate surface area is 169 Å². The molecule has 0 unspecified atom stereocenters. The first-order chi connectivity index (χ1) is 13.5. The van der Waals surface area contributed by atoms with E-state index in [-0.39, 0.29) is 10.6 Å². The fraction of sp³-hybridized carbons (Fsp3) is 0.222. The first kappa shape index (κ1) is 21.2. The Bertz CT molecular complexity index is 1170. The van der Waals surface area contributed by atoms with E-state index in [0.717, 1.165) is 27.5 Å². The molecule has 3 rings (SSSR count). The van der Waals surface area contributed by atoms with Gasteiger partial charge in [0.2, 0.25) is 15.9 Å². The summed E-state index contributed by atoms with van der Waals surface area (Å²) < 4.78 is 65.3. The molecular formula is C18H16F3N3O3S2. The number of hydrogen-bond donors (Lipinski definition) is 1. The molecule has 0 aliphatic heterocycles. The third-order valence-corrected chi connectivity index (χ3v) is 6.75. The second-order valence-electron chi connectivity index (χ2n) is 6.25. The van der Waals surface area contributed by atoms with Gasteiger partial charge in [-0.3, -0.25) is 4.79 Å². The number of aromatic nitrogens is 1. The summed E-state index contributed by atoms with van der Waals surface area (Å²) in [6.07, 6.45) is -4.55. The van der Waals surface area contributed by atoms with Crippen LogP contribution in [-0.2, 0) is 21.0 Å². The Hall–Kier alpha value is -2.50. The number of nitrogens with one attached hydrogen (secondary N) is 1. The number of fused-ring (bicyclic) bond motifs is 1. The predicted octanol–water partition coefficient (Wildman–Crippen LogP) is 3.88. The number of anilines is 1. The van der Waals surface area contributed by atoms with Crippen LogP contribution < -0.4 is 5.32 Å². The molecule has 29 heavy (non-hydrogen) atoms. The number of thiazole rings is 1. The van der Waals surface area contributed by atoms with Gasteiger partial charge in [-0.1, -0.05) is 6.07 Å². The van der Waals surface area contributed by atoms with Crippen molar-refractivity contribution >= 4 is 43.2 Å². The van der Waals surface area contributed by atoms with Crippen LogP contribution in [0.25, 0.3) is 10.2 Å². The molecular weight excluding hydrogens is 427 g/mol. The number of hydrogen-bond acceptors (Lipinski definition) is 5. The van der Waals surface area contributed by atoms with E-state index >= 15 is 0 Å². The minimum atomic E-state index is -4.55. The van der Waals surface area contributed by atoms with Gasteiger partial charge in [-0.2, -0.15) is 17.5 Å². The molecule has 1 heterocycles. The average molecular weight is 443 g/mol. The first-order valence-electron chi connectivity index (χ1n) is 8.27. The first-order valence-corrected chi connectivity index (χ1v) is 10.5. The molecule has 0 saturated carbocycles. The molecule has 11 heteroatoms. The molecule has 0 fully saturated rings. The van der Waals surface area contributed by atoms with Gasteiger partial charge in [-0.25, -0.2) is 13.4 Å². The molecule has 1 aromatic heterocycles. The van der Waals surface area contributed by atoms with Crippen molar-refractivity contribution in [3.8, 4) is 0 Å². The molecule has 0 aliphatic carbocycles. The number of alkyl halides is 3. The maximum absolute atomic E-state index is 12.8. The fourth-order valence-electron chi connectivity index (χ4n) is 2.62. The average Bonchev–Trinajstić information content (AvgIpc) is 3.00. The number of amides is 1. The van der Waals surface area contributed by atoms with Crippen LogP contribution in [0.5, 0.6) is 0 Å². The molecule has 6 nitrogen and oxygen atoms in total. The summed E-state index contributed by atoms with van der Waals surface area (Å²) in [5.41, 5.74) is -0.307. The normalized spacial score (nSPS) is 12.5. The monoisotopic (exact) mass is 443 g/mol. The van der Waals surface area contributed by atoms with Gasteiger partial charge >= 0.3 is 6.18 Å². The van der Waals surface area contributed by atoms with E-state index < -0.39 is 34.2 Å². The zero-order chi connectivity index (χ0) is 21.4. The van der Waals surface area contributed by atoms with Gasteiger partial charge < -0.3 is 5.32 Å². The van der Waals surface area contributed by atoms with Gasteiger partial charge in [0.1, 0.15) is 0 Å². The maximum atomic E-state index is 12.8. The third-order valence-electron chi connectivity index (χ3n) is 4.01. The van der Waals surface area contributed by atoms with E-state index in [0.29, 0.717) is 10.2 Å². The maximum Gasteiger partial charge on any atom is 0.416 e. The number of carbonyl (C=O) groups is 1. The number of benzene rings is 2. The third kappa shape index (κ3) is 4.74. The highest BCUT2D eigenvalue weighted by Crippen LogP contribution is 2.30. The van der Waals surface area contributed by atoms with E-state index in [1.807, 2.05) is 6.92 Å². The summed E-state index contributed by atoms with van der Waals surface area (Å²) in [5.74, 6) is -0.759. The van der Waals surface area contributed by atoms with Crippen molar-refractivity contribution in [2.45, 2.75) is 18.0 Å². The van der Waals surface area contributed by atoms with Crippen molar-refractivity contribution < 1.29 is 26.4 Å². The summed E-state index contributed by atoms with van der Waals surface area (Å²) in [6, 6.07) is 8.58. The van der Waals surface area contributed by atoms with Crippen LogP contribution in [0.3, 0.4) is 0 Å². The lowest BCUT2D eigenvalue weighted by Crippen LogP contribution is -2.35. The number of halogens is 3. The van der Waals surface area contributed by atoms with Crippen molar-refractivity contribution in [3.63, 3.8) is 0 Å². The number of sulfonamides is 1. The molecule has 2 aromatic carbocycles. The van der Waals surface area contributed by atoms with E-state index in [9.17, 15) is 26.4 Å². The van der Waals surface area contributed by atoms with Crippen LogP contribution in [0.15, 0.2) is 47.4 Å². The van der Waals surface area contributed by atoms with Gasteiger partial charge in [-0.05, 0) is 43.3 Å². The lowest BCUT2D eigenvalue weighted by atomic mass is 10.2. The Balaban J connectivity index is 1.74. The number of carbonyl (C=O) groups excluding carboxylic acids is 1. The van der Waals surface area contributed by atoms with Gasteiger partial charge in [0.25, 0.3) is 0 Å². The van der Waals surface area contributed by atoms with Crippen LogP contribution >= 0.6 is 11.3 Å². The Kier molecular flexibility index (Phi) is 5.65. The molecule has 0 radical (unpaired) electrons. The zero-order valence-electron chi connectivity index (χ0n) is 15.3. The van der Waals surface area contributed by atoms with Crippen LogP contribution in [-0.4, -0.2) is 37.2 Å². The molecule has 0 aliphatic rings. The highest BCUT2D eigenvalue weighted by atomic mass is 32.2. The fourth-order valence-corrected chi connectivity index (χ4v) is 4.72. The van der Waals surface area contributed by atoms with Gasteiger partial charge in [0.05, 0.1) is 32.2 Å². The highest BCUT2D eigenvalue weighted by molar-refractivity contribution is 7.89. The lowest BCUT2D eigenvalue weighted by molar-refractivity contribution is -0.137. The zero-order valence-corrected chi connectivity index (χ0v) is 17.0. The summed E-state index contributed by atoms with van der Waals surface area (Å²) >= 11 is 1.35. The predicted molar refractivity (Wildman–Crippen MR) is 104 cm³/mol. The van der Waals surface area contributed by atoms with Crippen molar-refractivity contribution in [1.29, 1.82) is 0 Å². The molecule has 0 atom stereocenters. The second-order valence-corrected chi connectivity index (χ2v) is 9.53. The standard InChI is InChI=1S/C18H16F3N3O3S2/c1-11-22-15-7-6-14(9-16(15)28-11)29(26,27)24(2)10-17(25)23-13-5-3-4-12(8-13)18(19,20)21/h3-9H,10H2,1-2H3,(H,23,25). The van der Waals surface area contributed by atoms with Crippen molar-refractivity contribution in [1.82, 2.24) is 9.29 Å². The number of nitrogens with zero attached hydrogens (tertiary/aromatic N) is 2. The number of aryl methyl sites for hydroxylation is 1. The van der Waals surface area contributed by atoms with Crippen molar-refractivity contribution in [2.75, 3.05) is 18.9 Å². The largest absolute Gasteiger partial charge is 0.416 e. The second kappa shape index (κ2) is 7.73. The minimum Gasteiger partial charge on any atom is -0.325 e. The molecule has 3 aromatic rings. The molecule has 154 valence electrons. The van der Waals surface area contributed by atoms with Crippen LogP contribution in [0.2, 0.25) is 0 Å². The molecule has 0 spiro atoms. The van der Waals surface area contributed by atoms with Crippen LogP contribution in [0.4, 0.5) is 18.9 Å². The highest BCUT2D eigenvalue weighted by Gasteiger charge is 2.30. The topological polar surface area (TPSA) is 79.4 Å². The van der Waals surface area contributed by atoms with E-state index in [1.54, 1.807) is 6.07 Å². The van der Waals surface area contributed by atoms with Crippen LogP contribution in [0.1, 0.15) is 10.6 Å². The molecule has 1 N–H and O–H groups in total. The summed E-state index contributed by atoms with van der Waals surface area (Å²) in [6.45, 7) is 1.25. The van der Waals surface area contributed by atoms with Crippen LogP contribution in [0, 0.1) is 6.92 Å². The molecule has 0 saturated heterocycles. The smallest absolute Gasteiger partial charge is 0.325 e. The van der Waals surface area contributed by atoms with Crippen molar-refractivity contribution in [2.24, 2.45) is 0 Å². The van der Waals surface area contributed by atoms with E-state index in [2.05, 4.69) is 10.3 Å². The Morgan fingerprint density at radius 3 is 2.62 bits per heavy atom. The quantitative estimate of drug-likeness (QED) is 0.649.